The lowest BCUT2D eigenvalue weighted by molar-refractivity contribution is 0.187. The molecule has 0 aromatic heterocycles. The molecule has 0 aliphatic heterocycles. The van der Waals surface area contributed by atoms with Crippen molar-refractivity contribution >= 4 is 11.6 Å². The monoisotopic (exact) mass is 146 g/mol. The fourth-order valence-corrected chi connectivity index (χ4v) is 0.276. The highest BCUT2D eigenvalue weighted by Gasteiger charge is 2.25. The molecule has 0 rings (SSSR count). The van der Waals surface area contributed by atoms with Crippen LogP contribution in [-0.2, 0) is 0 Å². The number of rotatable bonds is 3. The third-order valence-corrected chi connectivity index (χ3v) is 0.946. The van der Waals surface area contributed by atoms with Crippen LogP contribution in [0.5, 0.6) is 0 Å². The van der Waals surface area contributed by atoms with Crippen molar-refractivity contribution in [3.63, 3.8) is 0 Å². The standard InChI is InChI=1S/C4H6ClF3/c5-4(8,3-7)1-2-6/h1-3H2. The lowest BCUT2D eigenvalue weighted by Gasteiger charge is -2.08. The predicted octanol–water partition coefficient (Wildman–Crippen LogP) is 2.22. The largest absolute Gasteiger partial charge is 0.251 e. The maximum atomic E-state index is 12.0. The van der Waals surface area contributed by atoms with Crippen molar-refractivity contribution in [1.29, 1.82) is 0 Å². The van der Waals surface area contributed by atoms with Crippen molar-refractivity contribution in [3.05, 3.63) is 0 Å². The summed E-state index contributed by atoms with van der Waals surface area (Å²) in [6, 6.07) is 0. The van der Waals surface area contributed by atoms with E-state index in [2.05, 4.69) is 0 Å². The van der Waals surface area contributed by atoms with E-state index in [-0.39, 0.29) is 0 Å². The molecule has 0 saturated carbocycles. The summed E-state index contributed by atoms with van der Waals surface area (Å²) in [6.07, 6.45) is -0.578. The number of halogens is 4. The van der Waals surface area contributed by atoms with Crippen LogP contribution in [0.15, 0.2) is 0 Å². The predicted molar refractivity (Wildman–Crippen MR) is 26.3 cm³/mol. The second-order valence-corrected chi connectivity index (χ2v) is 2.11. The molecule has 0 aliphatic carbocycles. The van der Waals surface area contributed by atoms with Gasteiger partial charge in [-0.2, -0.15) is 0 Å². The Labute approximate surface area is 50.6 Å². The molecule has 0 spiro atoms. The molecule has 0 N–H and O–H groups in total. The lowest BCUT2D eigenvalue weighted by atomic mass is 10.3. The Bertz CT molecular complexity index is 64.3. The summed E-state index contributed by atoms with van der Waals surface area (Å²) in [7, 11) is 0. The molecule has 0 fully saturated rings. The van der Waals surface area contributed by atoms with Crippen LogP contribution in [0, 0.1) is 0 Å². The molecule has 1 unspecified atom stereocenters. The fourth-order valence-electron chi connectivity index (χ4n) is 0.205. The van der Waals surface area contributed by atoms with Crippen molar-refractivity contribution in [2.45, 2.75) is 11.5 Å². The second-order valence-electron chi connectivity index (χ2n) is 1.43. The van der Waals surface area contributed by atoms with Gasteiger partial charge < -0.3 is 0 Å². The van der Waals surface area contributed by atoms with Gasteiger partial charge in [0.15, 0.2) is 0 Å². The Balaban J connectivity index is 3.37. The van der Waals surface area contributed by atoms with Crippen LogP contribution >= 0.6 is 11.6 Å². The first-order valence-corrected chi connectivity index (χ1v) is 2.50. The Kier molecular flexibility index (Phi) is 3.21. The molecule has 0 heterocycles. The zero-order valence-corrected chi connectivity index (χ0v) is 4.89. The van der Waals surface area contributed by atoms with E-state index in [1.54, 1.807) is 0 Å². The molecule has 0 nitrogen and oxygen atoms in total. The highest BCUT2D eigenvalue weighted by atomic mass is 35.5. The van der Waals surface area contributed by atoms with E-state index in [1.165, 1.54) is 0 Å². The van der Waals surface area contributed by atoms with Gasteiger partial charge in [-0.3, -0.25) is 4.39 Å². The average molecular weight is 147 g/mol. The fraction of sp³-hybridized carbons (Fsp3) is 1.00. The first-order chi connectivity index (χ1) is 3.62. The molecular weight excluding hydrogens is 140 g/mol. The van der Waals surface area contributed by atoms with E-state index < -0.39 is 24.9 Å². The summed E-state index contributed by atoms with van der Waals surface area (Å²) < 4.78 is 34.4. The van der Waals surface area contributed by atoms with Gasteiger partial charge >= 0.3 is 0 Å². The molecule has 0 amide bonds. The molecule has 0 saturated heterocycles. The van der Waals surface area contributed by atoms with Gasteiger partial charge in [0.2, 0.25) is 5.13 Å². The van der Waals surface area contributed by atoms with Crippen molar-refractivity contribution in [3.8, 4) is 0 Å². The van der Waals surface area contributed by atoms with E-state index >= 15 is 0 Å². The molecule has 0 aromatic carbocycles. The molecule has 0 aliphatic rings. The third kappa shape index (κ3) is 3.13. The molecule has 0 radical (unpaired) electrons. The van der Waals surface area contributed by atoms with E-state index in [0.717, 1.165) is 0 Å². The summed E-state index contributed by atoms with van der Waals surface area (Å²) in [5, 5.41) is -2.48. The van der Waals surface area contributed by atoms with E-state index in [9.17, 15) is 13.2 Å². The Hall–Kier alpha value is 0.0800. The van der Waals surface area contributed by atoms with Gasteiger partial charge in [-0.1, -0.05) is 11.6 Å². The maximum Gasteiger partial charge on any atom is 0.214 e. The Morgan fingerprint density at radius 2 is 1.88 bits per heavy atom. The summed E-state index contributed by atoms with van der Waals surface area (Å²) in [5.41, 5.74) is 0. The molecular formula is C4H6ClF3. The topological polar surface area (TPSA) is 0 Å². The number of hydrogen-bond donors (Lipinski definition) is 0. The van der Waals surface area contributed by atoms with E-state index in [1.807, 2.05) is 0 Å². The first kappa shape index (κ1) is 8.08. The molecule has 8 heavy (non-hydrogen) atoms. The minimum Gasteiger partial charge on any atom is -0.251 e. The van der Waals surface area contributed by atoms with Gasteiger partial charge in [0.1, 0.15) is 6.67 Å². The van der Waals surface area contributed by atoms with Crippen LogP contribution < -0.4 is 0 Å². The average Bonchev–Trinajstić information content (AvgIpc) is 1.67. The minimum atomic E-state index is -2.48. The van der Waals surface area contributed by atoms with Gasteiger partial charge in [0.25, 0.3) is 0 Å². The summed E-state index contributed by atoms with van der Waals surface area (Å²) in [4.78, 5) is 0. The highest BCUT2D eigenvalue weighted by Crippen LogP contribution is 2.21. The third-order valence-electron chi connectivity index (χ3n) is 0.656. The number of hydrogen-bond acceptors (Lipinski definition) is 0. The summed E-state index contributed by atoms with van der Waals surface area (Å²) in [6.45, 7) is -2.26. The van der Waals surface area contributed by atoms with Gasteiger partial charge in [-0.15, -0.1) is 0 Å². The minimum absolute atomic E-state index is 0.578. The summed E-state index contributed by atoms with van der Waals surface area (Å²) in [5.74, 6) is 0. The molecule has 50 valence electrons. The zero-order valence-electron chi connectivity index (χ0n) is 4.13. The smallest absolute Gasteiger partial charge is 0.214 e. The molecule has 1 atom stereocenters. The van der Waals surface area contributed by atoms with Gasteiger partial charge in [-0.05, 0) is 0 Å². The zero-order chi connectivity index (χ0) is 6.62. The van der Waals surface area contributed by atoms with Crippen LogP contribution in [0.25, 0.3) is 0 Å². The van der Waals surface area contributed by atoms with Gasteiger partial charge in [0.05, 0.1) is 6.67 Å². The summed E-state index contributed by atoms with van der Waals surface area (Å²) >= 11 is 4.74. The first-order valence-electron chi connectivity index (χ1n) is 2.12. The van der Waals surface area contributed by atoms with E-state index in [4.69, 9.17) is 11.6 Å². The Morgan fingerprint density at radius 1 is 1.38 bits per heavy atom. The van der Waals surface area contributed by atoms with Gasteiger partial charge in [-0.25, -0.2) is 8.78 Å². The molecule has 4 heteroatoms. The number of alkyl halides is 4. The molecule has 0 aromatic rings. The maximum absolute atomic E-state index is 12.0. The SMILES string of the molecule is FCCC(F)(Cl)CF. The van der Waals surface area contributed by atoms with Gasteiger partial charge in [0, 0.05) is 6.42 Å². The van der Waals surface area contributed by atoms with Crippen LogP contribution in [0.3, 0.4) is 0 Å². The van der Waals surface area contributed by atoms with Crippen LogP contribution in [-0.4, -0.2) is 18.5 Å². The van der Waals surface area contributed by atoms with Crippen molar-refractivity contribution in [2.75, 3.05) is 13.3 Å². The van der Waals surface area contributed by atoms with Crippen LogP contribution in [0.4, 0.5) is 13.2 Å². The lowest BCUT2D eigenvalue weighted by Crippen LogP contribution is -2.17. The molecule has 0 bridgehead atoms. The highest BCUT2D eigenvalue weighted by molar-refractivity contribution is 6.22. The quantitative estimate of drug-likeness (QED) is 0.536. The van der Waals surface area contributed by atoms with E-state index in [0.29, 0.717) is 0 Å². The van der Waals surface area contributed by atoms with Crippen molar-refractivity contribution in [2.24, 2.45) is 0 Å². The Morgan fingerprint density at radius 3 is 2.00 bits per heavy atom. The normalized spacial score (nSPS) is 18.0. The van der Waals surface area contributed by atoms with Crippen LogP contribution in [0.2, 0.25) is 0 Å². The van der Waals surface area contributed by atoms with Crippen LogP contribution in [0.1, 0.15) is 6.42 Å². The second kappa shape index (κ2) is 3.17. The van der Waals surface area contributed by atoms with Crippen molar-refractivity contribution < 1.29 is 13.2 Å². The van der Waals surface area contributed by atoms with Crippen molar-refractivity contribution in [1.82, 2.24) is 0 Å².